The first-order valence-corrected chi connectivity index (χ1v) is 4.57. The van der Waals surface area contributed by atoms with Crippen LogP contribution in [0.4, 0.5) is 0 Å². The number of benzene rings is 1. The predicted octanol–water partition coefficient (Wildman–Crippen LogP) is 0.569. The monoisotopic (exact) mass is 204 g/mol. The molecule has 5 heteroatoms. The number of phenols is 1. The summed E-state index contributed by atoms with van der Waals surface area (Å²) in [6, 6.07) is 6.43. The molecule has 0 fully saturated rings. The fourth-order valence-electron chi connectivity index (χ4n) is 1.42. The van der Waals surface area contributed by atoms with Crippen LogP contribution in [0.25, 0.3) is 0 Å². The van der Waals surface area contributed by atoms with Crippen LogP contribution in [0.3, 0.4) is 0 Å². The van der Waals surface area contributed by atoms with Gasteiger partial charge in [0.05, 0.1) is 6.04 Å². The molecule has 0 aliphatic carbocycles. The molecule has 1 atom stereocenters. The molecule has 0 radical (unpaired) electrons. The van der Waals surface area contributed by atoms with Gasteiger partial charge < -0.3 is 10.8 Å². The van der Waals surface area contributed by atoms with Crippen LogP contribution in [0.1, 0.15) is 17.4 Å². The van der Waals surface area contributed by atoms with Crippen LogP contribution in [0, 0.1) is 0 Å². The van der Waals surface area contributed by atoms with Crippen molar-refractivity contribution in [2.45, 2.75) is 6.04 Å². The molecule has 1 aromatic carbocycles. The third-order valence-electron chi connectivity index (χ3n) is 2.28. The number of nitrogens with zero attached hydrogens (tertiary/aromatic N) is 3. The zero-order valence-corrected chi connectivity index (χ0v) is 8.33. The molecule has 0 amide bonds. The maximum atomic E-state index is 9.15. The van der Waals surface area contributed by atoms with E-state index in [9.17, 15) is 0 Å². The number of aromatic nitrogens is 3. The predicted molar refractivity (Wildman–Crippen MR) is 55.1 cm³/mol. The number of aryl methyl sites for hydroxylation is 1. The maximum absolute atomic E-state index is 9.15. The van der Waals surface area contributed by atoms with Gasteiger partial charge in [-0.25, -0.2) is 4.98 Å². The van der Waals surface area contributed by atoms with E-state index in [2.05, 4.69) is 10.1 Å². The summed E-state index contributed by atoms with van der Waals surface area (Å²) in [6.45, 7) is 0. The van der Waals surface area contributed by atoms with Gasteiger partial charge in [-0.15, -0.1) is 0 Å². The molecule has 78 valence electrons. The molecule has 0 aliphatic heterocycles. The Kier molecular flexibility index (Phi) is 2.39. The van der Waals surface area contributed by atoms with E-state index in [4.69, 9.17) is 10.8 Å². The summed E-state index contributed by atoms with van der Waals surface area (Å²) in [4.78, 5) is 4.08. The molecule has 0 saturated heterocycles. The summed E-state index contributed by atoms with van der Waals surface area (Å²) in [5.74, 6) is 0.921. The molecule has 0 bridgehead atoms. The van der Waals surface area contributed by atoms with E-state index in [1.54, 1.807) is 36.0 Å². The lowest BCUT2D eigenvalue weighted by atomic mass is 10.1. The first kappa shape index (κ1) is 9.67. The van der Waals surface area contributed by atoms with Gasteiger partial charge in [0.25, 0.3) is 0 Å². The fraction of sp³-hybridized carbons (Fsp3) is 0.200. The number of nitrogens with two attached hydrogens (primary N) is 1. The van der Waals surface area contributed by atoms with Crippen molar-refractivity contribution in [2.75, 3.05) is 0 Å². The highest BCUT2D eigenvalue weighted by molar-refractivity contribution is 5.30. The molecule has 1 aromatic heterocycles. The lowest BCUT2D eigenvalue weighted by molar-refractivity contribution is 0.475. The Morgan fingerprint density at radius 1 is 1.33 bits per heavy atom. The van der Waals surface area contributed by atoms with E-state index < -0.39 is 0 Å². The summed E-state index contributed by atoms with van der Waals surface area (Å²) in [5.41, 5.74) is 6.90. The van der Waals surface area contributed by atoms with Crippen LogP contribution in [-0.2, 0) is 7.05 Å². The Hall–Kier alpha value is -1.88. The molecule has 5 nitrogen and oxygen atoms in total. The smallest absolute Gasteiger partial charge is 0.148 e. The van der Waals surface area contributed by atoms with Crippen molar-refractivity contribution >= 4 is 0 Å². The molecule has 15 heavy (non-hydrogen) atoms. The first-order chi connectivity index (χ1) is 7.18. The molecule has 2 rings (SSSR count). The van der Waals surface area contributed by atoms with E-state index in [-0.39, 0.29) is 11.8 Å². The summed E-state index contributed by atoms with van der Waals surface area (Å²) < 4.78 is 1.64. The van der Waals surface area contributed by atoms with Gasteiger partial charge in [-0.1, -0.05) is 12.1 Å². The summed E-state index contributed by atoms with van der Waals surface area (Å²) in [6.07, 6.45) is 1.47. The number of hydrogen-bond donors (Lipinski definition) is 2. The van der Waals surface area contributed by atoms with Gasteiger partial charge in [-0.2, -0.15) is 5.10 Å². The minimum absolute atomic E-state index is 0.226. The van der Waals surface area contributed by atoms with Gasteiger partial charge in [-0.3, -0.25) is 4.68 Å². The normalized spacial score (nSPS) is 12.7. The first-order valence-electron chi connectivity index (χ1n) is 4.57. The van der Waals surface area contributed by atoms with Crippen molar-refractivity contribution in [2.24, 2.45) is 12.8 Å². The molecule has 0 aliphatic rings. The second-order valence-corrected chi connectivity index (χ2v) is 3.31. The minimum Gasteiger partial charge on any atom is -0.508 e. The van der Waals surface area contributed by atoms with Crippen LogP contribution in [0.15, 0.2) is 30.6 Å². The van der Waals surface area contributed by atoms with Gasteiger partial charge in [0.2, 0.25) is 0 Å². The second kappa shape index (κ2) is 3.70. The summed E-state index contributed by atoms with van der Waals surface area (Å²) in [7, 11) is 1.79. The zero-order chi connectivity index (χ0) is 10.8. The van der Waals surface area contributed by atoms with Crippen LogP contribution < -0.4 is 5.73 Å². The van der Waals surface area contributed by atoms with E-state index in [0.29, 0.717) is 5.82 Å². The molecule has 3 N–H and O–H groups in total. The van der Waals surface area contributed by atoms with Crippen LogP contribution in [0.5, 0.6) is 5.75 Å². The van der Waals surface area contributed by atoms with E-state index in [1.807, 2.05) is 0 Å². The Morgan fingerprint density at radius 3 is 2.53 bits per heavy atom. The quantitative estimate of drug-likeness (QED) is 0.749. The number of aromatic hydroxyl groups is 1. The number of hydrogen-bond acceptors (Lipinski definition) is 4. The van der Waals surface area contributed by atoms with Gasteiger partial charge in [0.15, 0.2) is 0 Å². The molecule has 1 unspecified atom stereocenters. The van der Waals surface area contributed by atoms with Crippen molar-refractivity contribution in [3.8, 4) is 5.75 Å². The Labute approximate surface area is 87.2 Å². The van der Waals surface area contributed by atoms with Crippen molar-refractivity contribution < 1.29 is 5.11 Å². The molecule has 0 spiro atoms. The van der Waals surface area contributed by atoms with Gasteiger partial charge in [0.1, 0.15) is 17.9 Å². The molecule has 1 heterocycles. The Morgan fingerprint density at radius 2 is 2.00 bits per heavy atom. The Balaban J connectivity index is 2.32. The second-order valence-electron chi connectivity index (χ2n) is 3.31. The lowest BCUT2D eigenvalue weighted by Gasteiger charge is -2.10. The van der Waals surface area contributed by atoms with Crippen molar-refractivity contribution in [3.05, 3.63) is 42.0 Å². The SMILES string of the molecule is Cn1ncnc1C(N)c1ccc(O)cc1. The summed E-state index contributed by atoms with van der Waals surface area (Å²) in [5, 5.41) is 13.1. The van der Waals surface area contributed by atoms with Gasteiger partial charge in [-0.05, 0) is 17.7 Å². The van der Waals surface area contributed by atoms with E-state index >= 15 is 0 Å². The topological polar surface area (TPSA) is 77.0 Å². The van der Waals surface area contributed by atoms with Gasteiger partial charge >= 0.3 is 0 Å². The highest BCUT2D eigenvalue weighted by atomic mass is 16.3. The standard InChI is InChI=1S/C10H12N4O/c1-14-10(12-6-13-14)9(11)7-2-4-8(15)5-3-7/h2-6,9,15H,11H2,1H3. The number of phenolic OH excluding ortho intramolecular Hbond substituents is 1. The highest BCUT2D eigenvalue weighted by Gasteiger charge is 2.13. The molecule has 2 aromatic rings. The average molecular weight is 204 g/mol. The van der Waals surface area contributed by atoms with Crippen LogP contribution >= 0.6 is 0 Å². The summed E-state index contributed by atoms with van der Waals surface area (Å²) >= 11 is 0. The van der Waals surface area contributed by atoms with Gasteiger partial charge in [0, 0.05) is 7.05 Å². The van der Waals surface area contributed by atoms with Crippen molar-refractivity contribution in [1.82, 2.24) is 14.8 Å². The third-order valence-corrected chi connectivity index (χ3v) is 2.28. The van der Waals surface area contributed by atoms with Crippen LogP contribution in [-0.4, -0.2) is 19.9 Å². The average Bonchev–Trinajstić information content (AvgIpc) is 2.65. The van der Waals surface area contributed by atoms with Crippen molar-refractivity contribution in [3.63, 3.8) is 0 Å². The minimum atomic E-state index is -0.321. The maximum Gasteiger partial charge on any atom is 0.148 e. The molecule has 0 saturated carbocycles. The molecular weight excluding hydrogens is 192 g/mol. The number of rotatable bonds is 2. The molecular formula is C10H12N4O. The van der Waals surface area contributed by atoms with E-state index in [0.717, 1.165) is 5.56 Å². The zero-order valence-electron chi connectivity index (χ0n) is 8.33. The largest absolute Gasteiger partial charge is 0.508 e. The lowest BCUT2D eigenvalue weighted by Crippen LogP contribution is -2.16. The third kappa shape index (κ3) is 1.82. The van der Waals surface area contributed by atoms with Crippen molar-refractivity contribution in [1.29, 1.82) is 0 Å². The highest BCUT2D eigenvalue weighted by Crippen LogP contribution is 2.19. The van der Waals surface area contributed by atoms with Crippen LogP contribution in [0.2, 0.25) is 0 Å². The Bertz CT molecular complexity index is 449. The van der Waals surface area contributed by atoms with E-state index in [1.165, 1.54) is 6.33 Å². The fourth-order valence-corrected chi connectivity index (χ4v) is 1.42.